The minimum atomic E-state index is -2.82. The zero-order valence-electron chi connectivity index (χ0n) is 22.6. The number of amides is 3. The van der Waals surface area contributed by atoms with Gasteiger partial charge in [0.15, 0.2) is 17.3 Å². The summed E-state index contributed by atoms with van der Waals surface area (Å²) in [4.78, 5) is 36.4. The lowest BCUT2D eigenvalue weighted by Gasteiger charge is -2.16. The molecule has 0 bridgehead atoms. The van der Waals surface area contributed by atoms with Crippen LogP contribution in [0.15, 0.2) is 24.3 Å². The van der Waals surface area contributed by atoms with Crippen LogP contribution in [0.1, 0.15) is 34.4 Å². The smallest absolute Gasteiger partial charge is 0.273 e. The van der Waals surface area contributed by atoms with Crippen molar-refractivity contribution < 1.29 is 27.6 Å². The number of methoxy groups -OCH3 is 1. The van der Waals surface area contributed by atoms with Crippen LogP contribution in [0, 0.1) is 11.7 Å². The molecule has 2 heterocycles. The lowest BCUT2D eigenvalue weighted by molar-refractivity contribution is -0.117. The van der Waals surface area contributed by atoms with Gasteiger partial charge >= 0.3 is 0 Å². The molecule has 0 aliphatic heterocycles. The van der Waals surface area contributed by atoms with E-state index in [0.29, 0.717) is 5.82 Å². The summed E-state index contributed by atoms with van der Waals surface area (Å²) >= 11 is 0. The third kappa shape index (κ3) is 5.24. The number of aryl methyl sites for hydroxylation is 1. The summed E-state index contributed by atoms with van der Waals surface area (Å²) in [7, 11) is 2.93. The van der Waals surface area contributed by atoms with E-state index in [9.17, 15) is 18.8 Å². The second-order valence-electron chi connectivity index (χ2n) is 8.09. The molecule has 4 N–H and O–H groups in total. The van der Waals surface area contributed by atoms with Crippen molar-refractivity contribution in [3.05, 3.63) is 35.8 Å². The normalized spacial score (nSPS) is 14.2. The molecule has 1 saturated carbocycles. The summed E-state index contributed by atoms with van der Waals surface area (Å²) in [6.07, 6.45) is 1.48. The van der Waals surface area contributed by atoms with Crippen molar-refractivity contribution in [1.29, 1.82) is 0 Å². The number of rotatable bonds is 8. The predicted molar refractivity (Wildman–Crippen MR) is 130 cm³/mol. The van der Waals surface area contributed by atoms with Crippen LogP contribution >= 0.6 is 0 Å². The number of hydrogen-bond acceptors (Lipinski definition) is 8. The number of aromatic nitrogens is 4. The summed E-state index contributed by atoms with van der Waals surface area (Å²) in [5, 5.41) is 21.9. The molecular formula is C23H25FN8O4. The van der Waals surface area contributed by atoms with E-state index in [0.717, 1.165) is 18.9 Å². The Labute approximate surface area is 209 Å². The van der Waals surface area contributed by atoms with E-state index in [4.69, 9.17) is 8.85 Å². The molecule has 188 valence electrons. The molecule has 4 rings (SSSR count). The van der Waals surface area contributed by atoms with Crippen molar-refractivity contribution in [2.24, 2.45) is 13.0 Å². The first-order chi connectivity index (χ1) is 18.3. The average Bonchev–Trinajstić information content (AvgIpc) is 3.61. The van der Waals surface area contributed by atoms with Crippen LogP contribution in [-0.2, 0) is 16.6 Å². The SMILES string of the molecule is [2H]C([2H])([2H])NC(=O)c1nnc(NC(=O)C2CC2)cc1Nc1cc(F)cc(-c2cc(NC(C)=O)n(C)n2)c1OC. The lowest BCUT2D eigenvalue weighted by atomic mass is 10.1. The number of carbonyl (C=O) groups excluding carboxylic acids is 3. The van der Waals surface area contributed by atoms with Crippen LogP contribution in [0.2, 0.25) is 0 Å². The molecule has 36 heavy (non-hydrogen) atoms. The molecule has 0 unspecified atom stereocenters. The molecule has 12 nitrogen and oxygen atoms in total. The molecule has 13 heteroatoms. The van der Waals surface area contributed by atoms with E-state index in [-0.39, 0.29) is 51.9 Å². The van der Waals surface area contributed by atoms with Gasteiger partial charge in [-0.3, -0.25) is 19.1 Å². The maximum absolute atomic E-state index is 14.8. The molecule has 0 atom stereocenters. The number of halogens is 1. The minimum absolute atomic E-state index is 0.0000945. The van der Waals surface area contributed by atoms with Crippen LogP contribution < -0.4 is 26.0 Å². The van der Waals surface area contributed by atoms with Crippen molar-refractivity contribution in [1.82, 2.24) is 25.3 Å². The molecular weight excluding hydrogens is 471 g/mol. The first kappa shape index (κ1) is 20.8. The number of carbonyl (C=O) groups is 3. The van der Waals surface area contributed by atoms with Gasteiger partial charge in [0.25, 0.3) is 5.91 Å². The number of ether oxygens (including phenoxy) is 1. The summed E-state index contributed by atoms with van der Waals surface area (Å²) in [6.45, 7) is -1.48. The maximum Gasteiger partial charge on any atom is 0.273 e. The van der Waals surface area contributed by atoms with Crippen LogP contribution in [-0.4, -0.2) is 51.8 Å². The molecule has 1 aliphatic rings. The second-order valence-corrected chi connectivity index (χ2v) is 8.09. The van der Waals surface area contributed by atoms with Crippen LogP contribution in [0.3, 0.4) is 0 Å². The fourth-order valence-electron chi connectivity index (χ4n) is 3.49. The Morgan fingerprint density at radius 3 is 2.58 bits per heavy atom. The molecule has 3 aromatic rings. The Bertz CT molecular complexity index is 1460. The Balaban J connectivity index is 1.77. The van der Waals surface area contributed by atoms with Crippen LogP contribution in [0.5, 0.6) is 5.75 Å². The fourth-order valence-corrected chi connectivity index (χ4v) is 3.49. The topological polar surface area (TPSA) is 152 Å². The first-order valence-corrected chi connectivity index (χ1v) is 10.8. The standard InChI is InChI=1S/C23H25FN8O4/c1-11(33)26-19-10-15(31-32(19)3)14-7-13(24)8-17(21(14)36-4)27-16-9-18(28-22(34)12-5-6-12)29-30-20(16)23(35)25-2/h7-10,12H,5-6H2,1-4H3,(H,25,35)(H,26,33)(H2,27,28,29,34)/i2D3. The van der Waals surface area contributed by atoms with Gasteiger partial charge in [-0.05, 0) is 18.9 Å². The zero-order valence-corrected chi connectivity index (χ0v) is 19.6. The van der Waals surface area contributed by atoms with Gasteiger partial charge in [-0.2, -0.15) is 5.10 Å². The third-order valence-electron chi connectivity index (χ3n) is 5.31. The van der Waals surface area contributed by atoms with Gasteiger partial charge in [-0.1, -0.05) is 0 Å². The second kappa shape index (κ2) is 9.98. The Hall–Kier alpha value is -4.55. The summed E-state index contributed by atoms with van der Waals surface area (Å²) in [6, 6.07) is 5.07. The van der Waals surface area contributed by atoms with Crippen molar-refractivity contribution in [2.75, 3.05) is 30.0 Å². The number of hydrogen-bond donors (Lipinski definition) is 4. The molecule has 0 saturated heterocycles. The average molecular weight is 500 g/mol. The van der Waals surface area contributed by atoms with Gasteiger partial charge in [-0.25, -0.2) is 4.39 Å². The Morgan fingerprint density at radius 1 is 1.14 bits per heavy atom. The van der Waals surface area contributed by atoms with E-state index in [1.807, 2.05) is 5.32 Å². The molecule has 1 aromatic carbocycles. The highest BCUT2D eigenvalue weighted by Crippen LogP contribution is 2.39. The van der Waals surface area contributed by atoms with Gasteiger partial charge in [0.1, 0.15) is 11.6 Å². The highest BCUT2D eigenvalue weighted by atomic mass is 19.1. The van der Waals surface area contributed by atoms with E-state index < -0.39 is 24.4 Å². The number of anilines is 4. The fraction of sp³-hybridized carbons (Fsp3) is 0.304. The van der Waals surface area contributed by atoms with Crippen molar-refractivity contribution >= 4 is 40.7 Å². The third-order valence-corrected chi connectivity index (χ3v) is 5.31. The summed E-state index contributed by atoms with van der Waals surface area (Å²) in [5.41, 5.74) is 0.0210. The van der Waals surface area contributed by atoms with Gasteiger partial charge in [0.2, 0.25) is 11.8 Å². The monoisotopic (exact) mass is 499 g/mol. The Kier molecular flexibility index (Phi) is 5.76. The first-order valence-electron chi connectivity index (χ1n) is 12.3. The van der Waals surface area contributed by atoms with Crippen LogP contribution in [0.4, 0.5) is 27.4 Å². The van der Waals surface area contributed by atoms with Gasteiger partial charge in [-0.15, -0.1) is 10.2 Å². The zero-order chi connectivity index (χ0) is 28.5. The minimum Gasteiger partial charge on any atom is -0.494 e. The summed E-state index contributed by atoms with van der Waals surface area (Å²) < 4.78 is 43.8. The number of nitrogens with zero attached hydrogens (tertiary/aromatic N) is 4. The highest BCUT2D eigenvalue weighted by molar-refractivity contribution is 6.00. The molecule has 1 fully saturated rings. The van der Waals surface area contributed by atoms with Gasteiger partial charge < -0.3 is 26.0 Å². The predicted octanol–water partition coefficient (Wildman–Crippen LogP) is 2.43. The maximum atomic E-state index is 14.8. The van der Waals surface area contributed by atoms with Crippen molar-refractivity contribution in [2.45, 2.75) is 19.8 Å². The van der Waals surface area contributed by atoms with E-state index in [2.05, 4.69) is 31.2 Å². The quantitative estimate of drug-likeness (QED) is 0.369. The molecule has 2 aromatic heterocycles. The molecule has 1 aliphatic carbocycles. The van der Waals surface area contributed by atoms with Crippen LogP contribution in [0.25, 0.3) is 11.3 Å². The summed E-state index contributed by atoms with van der Waals surface area (Å²) in [5.74, 6) is -2.04. The molecule has 0 spiro atoms. The number of benzene rings is 1. The Morgan fingerprint density at radius 2 is 1.92 bits per heavy atom. The highest BCUT2D eigenvalue weighted by Gasteiger charge is 2.30. The molecule has 0 radical (unpaired) electrons. The molecule has 3 amide bonds. The van der Waals surface area contributed by atoms with E-state index in [1.54, 1.807) is 7.05 Å². The van der Waals surface area contributed by atoms with E-state index in [1.165, 1.54) is 36.9 Å². The van der Waals surface area contributed by atoms with Crippen molar-refractivity contribution in [3.63, 3.8) is 0 Å². The largest absolute Gasteiger partial charge is 0.494 e. The van der Waals surface area contributed by atoms with Gasteiger partial charge in [0.05, 0.1) is 24.2 Å². The van der Waals surface area contributed by atoms with Crippen molar-refractivity contribution in [3.8, 4) is 17.0 Å². The number of nitrogens with one attached hydrogen (secondary N) is 4. The lowest BCUT2D eigenvalue weighted by Crippen LogP contribution is -2.22. The van der Waals surface area contributed by atoms with E-state index >= 15 is 0 Å². The van der Waals surface area contributed by atoms with Gasteiger partial charge in [0, 0.05) is 54.7 Å².